The third-order valence-corrected chi connectivity index (χ3v) is 5.89. The van der Waals surface area contributed by atoms with Gasteiger partial charge in [0.2, 0.25) is 5.91 Å². The van der Waals surface area contributed by atoms with E-state index in [-0.39, 0.29) is 11.7 Å². The summed E-state index contributed by atoms with van der Waals surface area (Å²) in [4.78, 5) is 16.9. The molecule has 3 rings (SSSR count). The van der Waals surface area contributed by atoms with Crippen LogP contribution in [0.3, 0.4) is 0 Å². The number of thioether (sulfide) groups is 1. The first kappa shape index (κ1) is 18.0. The molecule has 2 aromatic rings. The van der Waals surface area contributed by atoms with E-state index in [1.165, 1.54) is 17.3 Å². The van der Waals surface area contributed by atoms with Gasteiger partial charge >= 0.3 is 0 Å². The van der Waals surface area contributed by atoms with Crippen molar-refractivity contribution in [2.45, 2.75) is 31.2 Å². The summed E-state index contributed by atoms with van der Waals surface area (Å²) in [7, 11) is 0. The number of para-hydroxylation sites is 1. The van der Waals surface area contributed by atoms with Crippen LogP contribution in [0.1, 0.15) is 30.2 Å². The monoisotopic (exact) mass is 415 g/mol. The molecule has 0 spiro atoms. The lowest BCUT2D eigenvalue weighted by molar-refractivity contribution is -0.113. The molecule has 1 aliphatic rings. The molecule has 128 valence electrons. The molecule has 0 aliphatic heterocycles. The standard InChI is InChI=1S/C19H18BrN3OS/c1-12-6-7-16-13(8-12)9-14(10-21)19(23-16)25-11-18(24)22-17-5-3-2-4-15(17)20/h2-5,9,12H,6-8,11H2,1H3,(H,22,24). The van der Waals surface area contributed by atoms with Crippen molar-refractivity contribution in [3.05, 3.63) is 51.6 Å². The number of carbonyl (C=O) groups excluding carboxylic acids is 1. The van der Waals surface area contributed by atoms with Crippen LogP contribution in [0.25, 0.3) is 0 Å². The van der Waals surface area contributed by atoms with Crippen LogP contribution in [0.5, 0.6) is 0 Å². The number of nitriles is 1. The molecule has 1 aromatic heterocycles. The smallest absolute Gasteiger partial charge is 0.234 e. The Morgan fingerprint density at radius 1 is 1.48 bits per heavy atom. The number of pyridine rings is 1. The third kappa shape index (κ3) is 4.42. The summed E-state index contributed by atoms with van der Waals surface area (Å²) in [6, 6.07) is 11.7. The first-order valence-electron chi connectivity index (χ1n) is 8.17. The minimum Gasteiger partial charge on any atom is -0.324 e. The van der Waals surface area contributed by atoms with Crippen LogP contribution in [0, 0.1) is 17.2 Å². The summed E-state index contributed by atoms with van der Waals surface area (Å²) in [5.41, 5.74) is 3.55. The molecule has 1 N–H and O–H groups in total. The number of hydrogen-bond donors (Lipinski definition) is 1. The predicted octanol–water partition coefficient (Wildman–Crippen LogP) is 4.57. The number of anilines is 1. The normalized spacial score (nSPS) is 16.0. The van der Waals surface area contributed by atoms with E-state index in [2.05, 4.69) is 39.2 Å². The van der Waals surface area contributed by atoms with Crippen molar-refractivity contribution in [3.63, 3.8) is 0 Å². The zero-order chi connectivity index (χ0) is 17.8. The molecule has 1 amide bonds. The highest BCUT2D eigenvalue weighted by molar-refractivity contribution is 9.10. The maximum absolute atomic E-state index is 12.2. The van der Waals surface area contributed by atoms with Crippen LogP contribution >= 0.6 is 27.7 Å². The summed E-state index contributed by atoms with van der Waals surface area (Å²) in [5.74, 6) is 0.737. The fourth-order valence-electron chi connectivity index (χ4n) is 2.90. The number of aryl methyl sites for hydroxylation is 1. The van der Waals surface area contributed by atoms with Crippen molar-refractivity contribution in [1.29, 1.82) is 5.26 Å². The van der Waals surface area contributed by atoms with Gasteiger partial charge in [-0.1, -0.05) is 30.8 Å². The van der Waals surface area contributed by atoms with Crippen LogP contribution in [0.15, 0.2) is 39.8 Å². The Morgan fingerprint density at radius 3 is 3.04 bits per heavy atom. The highest BCUT2D eigenvalue weighted by Crippen LogP contribution is 2.29. The Labute approximate surface area is 160 Å². The van der Waals surface area contributed by atoms with Crippen molar-refractivity contribution >= 4 is 39.3 Å². The molecule has 0 saturated carbocycles. The quantitative estimate of drug-likeness (QED) is 0.742. The van der Waals surface area contributed by atoms with Crippen LogP contribution in [0.2, 0.25) is 0 Å². The highest BCUT2D eigenvalue weighted by Gasteiger charge is 2.19. The fourth-order valence-corrected chi connectivity index (χ4v) is 4.06. The van der Waals surface area contributed by atoms with Gasteiger partial charge in [0, 0.05) is 10.2 Å². The van der Waals surface area contributed by atoms with E-state index < -0.39 is 0 Å². The second kappa shape index (κ2) is 8.03. The predicted molar refractivity (Wildman–Crippen MR) is 104 cm³/mol. The molecule has 0 saturated heterocycles. The number of carbonyl (C=O) groups is 1. The average molecular weight is 416 g/mol. The topological polar surface area (TPSA) is 65.8 Å². The van der Waals surface area contributed by atoms with Gasteiger partial charge in [0.1, 0.15) is 11.1 Å². The fraction of sp³-hybridized carbons (Fsp3) is 0.316. The molecule has 1 unspecified atom stereocenters. The van der Waals surface area contributed by atoms with Gasteiger partial charge in [-0.2, -0.15) is 5.26 Å². The number of halogens is 1. The minimum absolute atomic E-state index is 0.117. The zero-order valence-corrected chi connectivity index (χ0v) is 16.3. The maximum atomic E-state index is 12.2. The molecule has 0 bridgehead atoms. The molecule has 4 nitrogen and oxygen atoms in total. The molecule has 0 fully saturated rings. The van der Waals surface area contributed by atoms with Crippen LogP contribution in [0.4, 0.5) is 5.69 Å². The first-order chi connectivity index (χ1) is 12.1. The van der Waals surface area contributed by atoms with Crippen molar-refractivity contribution in [1.82, 2.24) is 4.98 Å². The van der Waals surface area contributed by atoms with E-state index >= 15 is 0 Å². The van der Waals surface area contributed by atoms with E-state index in [9.17, 15) is 10.1 Å². The Balaban J connectivity index is 1.70. The molecule has 0 radical (unpaired) electrons. The van der Waals surface area contributed by atoms with Gasteiger partial charge < -0.3 is 5.32 Å². The lowest BCUT2D eigenvalue weighted by Crippen LogP contribution is -2.16. The summed E-state index contributed by atoms with van der Waals surface area (Å²) in [6.45, 7) is 2.23. The molecule has 6 heteroatoms. The molecule has 1 heterocycles. The van der Waals surface area contributed by atoms with Gasteiger partial charge in [-0.3, -0.25) is 4.79 Å². The Bertz CT molecular complexity index is 847. The van der Waals surface area contributed by atoms with Gasteiger partial charge in [0.25, 0.3) is 0 Å². The largest absolute Gasteiger partial charge is 0.324 e. The van der Waals surface area contributed by atoms with E-state index in [1.54, 1.807) is 0 Å². The molecule has 1 atom stereocenters. The Morgan fingerprint density at radius 2 is 2.28 bits per heavy atom. The van der Waals surface area contributed by atoms with E-state index in [0.717, 1.165) is 35.1 Å². The molecule has 1 aliphatic carbocycles. The van der Waals surface area contributed by atoms with E-state index in [0.29, 0.717) is 16.5 Å². The van der Waals surface area contributed by atoms with Gasteiger partial charge in [-0.15, -0.1) is 0 Å². The lowest BCUT2D eigenvalue weighted by Gasteiger charge is -2.21. The number of aromatic nitrogens is 1. The van der Waals surface area contributed by atoms with E-state index in [1.807, 2.05) is 30.3 Å². The van der Waals surface area contributed by atoms with Crippen LogP contribution in [-0.2, 0) is 17.6 Å². The van der Waals surface area contributed by atoms with Gasteiger partial charge in [-0.05, 0) is 64.9 Å². The molecule has 25 heavy (non-hydrogen) atoms. The molecular weight excluding hydrogens is 398 g/mol. The van der Waals surface area contributed by atoms with Crippen LogP contribution < -0.4 is 5.32 Å². The number of amides is 1. The maximum Gasteiger partial charge on any atom is 0.234 e. The second-order valence-electron chi connectivity index (χ2n) is 6.22. The minimum atomic E-state index is -0.117. The number of rotatable bonds is 4. The SMILES string of the molecule is CC1CCc2nc(SCC(=O)Nc3ccccc3Br)c(C#N)cc2C1. The first-order valence-corrected chi connectivity index (χ1v) is 9.94. The summed E-state index contributed by atoms with van der Waals surface area (Å²) < 4.78 is 0.840. The molecular formula is C19H18BrN3OS. The second-order valence-corrected chi connectivity index (χ2v) is 8.04. The summed E-state index contributed by atoms with van der Waals surface area (Å²) >= 11 is 4.73. The van der Waals surface area contributed by atoms with Crippen molar-refractivity contribution < 1.29 is 4.79 Å². The Hall–Kier alpha value is -1.84. The average Bonchev–Trinajstić information content (AvgIpc) is 2.61. The summed E-state index contributed by atoms with van der Waals surface area (Å²) in [6.07, 6.45) is 3.04. The third-order valence-electron chi connectivity index (χ3n) is 4.21. The zero-order valence-electron chi connectivity index (χ0n) is 13.9. The highest BCUT2D eigenvalue weighted by atomic mass is 79.9. The Kier molecular flexibility index (Phi) is 5.77. The van der Waals surface area contributed by atoms with Crippen molar-refractivity contribution in [2.75, 3.05) is 11.1 Å². The number of benzene rings is 1. The van der Waals surface area contributed by atoms with Crippen molar-refractivity contribution in [3.8, 4) is 6.07 Å². The van der Waals surface area contributed by atoms with Gasteiger partial charge in [0.05, 0.1) is 17.0 Å². The van der Waals surface area contributed by atoms with Gasteiger partial charge in [0.15, 0.2) is 0 Å². The van der Waals surface area contributed by atoms with Crippen molar-refractivity contribution in [2.24, 2.45) is 5.92 Å². The number of hydrogen-bond acceptors (Lipinski definition) is 4. The number of nitrogens with one attached hydrogen (secondary N) is 1. The van der Waals surface area contributed by atoms with E-state index in [4.69, 9.17) is 0 Å². The molecule has 1 aromatic carbocycles. The summed E-state index contributed by atoms with van der Waals surface area (Å²) in [5, 5.41) is 12.9. The number of fused-ring (bicyclic) bond motifs is 1. The number of nitrogens with zero attached hydrogens (tertiary/aromatic N) is 2. The van der Waals surface area contributed by atoms with Crippen LogP contribution in [-0.4, -0.2) is 16.6 Å². The van der Waals surface area contributed by atoms with Gasteiger partial charge in [-0.25, -0.2) is 4.98 Å². The lowest BCUT2D eigenvalue weighted by atomic mass is 9.87.